The summed E-state index contributed by atoms with van der Waals surface area (Å²) in [6, 6.07) is 20.8. The highest BCUT2D eigenvalue weighted by Crippen LogP contribution is 2.35. The van der Waals surface area contributed by atoms with Gasteiger partial charge >= 0.3 is 0 Å². The number of nitrogens with one attached hydrogen (secondary N) is 1. The number of nitrogens with zero attached hydrogens (tertiary/aromatic N) is 1. The maximum absolute atomic E-state index is 6.44. The van der Waals surface area contributed by atoms with E-state index in [0.29, 0.717) is 11.6 Å². The fraction of sp³-hybridized carbons (Fsp3) is 0.174. The Hall–Kier alpha value is -2.62. The van der Waals surface area contributed by atoms with Gasteiger partial charge in [-0.3, -0.25) is 4.98 Å². The highest BCUT2D eigenvalue weighted by Gasteiger charge is 2.16. The van der Waals surface area contributed by atoms with Crippen molar-refractivity contribution in [1.29, 1.82) is 0 Å². The predicted molar refractivity (Wildman–Crippen MR) is 114 cm³/mol. The van der Waals surface area contributed by atoms with Gasteiger partial charge in [-0.15, -0.1) is 0 Å². The predicted octanol–water partition coefficient (Wildman–Crippen LogP) is 5.83. The van der Waals surface area contributed by atoms with Crippen LogP contribution in [0.25, 0.3) is 33.4 Å². The molecule has 0 atom stereocenters. The molecule has 2 aromatic heterocycles. The highest BCUT2D eigenvalue weighted by molar-refractivity contribution is 6.33. The number of hydrogen-bond donors (Lipinski definition) is 2. The van der Waals surface area contributed by atoms with Gasteiger partial charge in [0.2, 0.25) is 0 Å². The summed E-state index contributed by atoms with van der Waals surface area (Å²) in [7, 11) is 0. The number of hydrogen-bond acceptors (Lipinski definition) is 2. The normalized spacial score (nSPS) is 11.2. The van der Waals surface area contributed by atoms with Gasteiger partial charge in [0.1, 0.15) is 5.69 Å². The van der Waals surface area contributed by atoms with E-state index < -0.39 is 0 Å². The van der Waals surface area contributed by atoms with Crippen LogP contribution in [0.15, 0.2) is 66.9 Å². The van der Waals surface area contributed by atoms with Gasteiger partial charge in [-0.1, -0.05) is 48.0 Å². The molecule has 136 valence electrons. The molecule has 0 aliphatic rings. The molecular weight excluding hydrogens is 354 g/mol. The van der Waals surface area contributed by atoms with Crippen molar-refractivity contribution in [3.63, 3.8) is 0 Å². The fourth-order valence-corrected chi connectivity index (χ4v) is 3.75. The van der Waals surface area contributed by atoms with Crippen molar-refractivity contribution in [2.24, 2.45) is 5.73 Å². The van der Waals surface area contributed by atoms with E-state index in [0.717, 1.165) is 36.2 Å². The average molecular weight is 376 g/mol. The molecule has 0 radical (unpaired) electrons. The molecule has 0 bridgehead atoms. The van der Waals surface area contributed by atoms with Gasteiger partial charge in [-0.25, -0.2) is 0 Å². The number of benzene rings is 2. The van der Waals surface area contributed by atoms with E-state index in [1.165, 1.54) is 22.1 Å². The summed E-state index contributed by atoms with van der Waals surface area (Å²) in [4.78, 5) is 8.07. The molecule has 0 aliphatic heterocycles. The molecule has 4 aromatic rings. The molecule has 2 aromatic carbocycles. The van der Waals surface area contributed by atoms with Crippen LogP contribution in [0, 0.1) is 0 Å². The molecule has 0 saturated heterocycles. The van der Waals surface area contributed by atoms with E-state index in [1.807, 2.05) is 18.2 Å². The zero-order valence-electron chi connectivity index (χ0n) is 15.1. The summed E-state index contributed by atoms with van der Waals surface area (Å²) in [6.07, 6.45) is 4.76. The Kier molecular flexibility index (Phi) is 5.23. The van der Waals surface area contributed by atoms with Crippen LogP contribution in [0.4, 0.5) is 0 Å². The van der Waals surface area contributed by atoms with E-state index in [4.69, 9.17) is 17.3 Å². The first-order valence-electron chi connectivity index (χ1n) is 9.29. The second kappa shape index (κ2) is 7.95. The summed E-state index contributed by atoms with van der Waals surface area (Å²) in [5, 5.41) is 1.89. The van der Waals surface area contributed by atoms with Crippen molar-refractivity contribution in [3.8, 4) is 22.5 Å². The number of pyridine rings is 1. The summed E-state index contributed by atoms with van der Waals surface area (Å²) in [6.45, 7) is 0.706. The van der Waals surface area contributed by atoms with Crippen molar-refractivity contribution in [2.45, 2.75) is 19.3 Å². The third-order valence-corrected chi connectivity index (χ3v) is 5.19. The summed E-state index contributed by atoms with van der Waals surface area (Å²) in [5.41, 5.74) is 12.3. The van der Waals surface area contributed by atoms with Gasteiger partial charge in [0.25, 0.3) is 0 Å². The van der Waals surface area contributed by atoms with Gasteiger partial charge in [0, 0.05) is 17.1 Å². The summed E-state index contributed by atoms with van der Waals surface area (Å²) >= 11 is 6.44. The van der Waals surface area contributed by atoms with Gasteiger partial charge in [-0.2, -0.15) is 0 Å². The van der Waals surface area contributed by atoms with Crippen LogP contribution >= 0.6 is 11.6 Å². The lowest BCUT2D eigenvalue weighted by Gasteiger charge is -2.07. The standard InChI is InChI=1S/C23H22ClN3/c24-20-10-6-14-26-23(20)22-18(9-4-5-13-25)19-15-17(11-12-21(19)27-22)16-7-2-1-3-8-16/h1-3,6-8,10-12,14-15,27H,4-5,9,13,25H2. The zero-order valence-corrected chi connectivity index (χ0v) is 15.8. The third kappa shape index (κ3) is 3.61. The maximum atomic E-state index is 6.44. The molecule has 0 fully saturated rings. The van der Waals surface area contributed by atoms with Gasteiger partial charge in [0.15, 0.2) is 0 Å². The quantitative estimate of drug-likeness (QED) is 0.416. The number of nitrogens with two attached hydrogens (primary N) is 1. The van der Waals surface area contributed by atoms with Crippen molar-refractivity contribution < 1.29 is 0 Å². The molecule has 3 N–H and O–H groups in total. The molecule has 4 rings (SSSR count). The lowest BCUT2D eigenvalue weighted by Crippen LogP contribution is -1.99. The van der Waals surface area contributed by atoms with Crippen LogP contribution in [-0.4, -0.2) is 16.5 Å². The lowest BCUT2D eigenvalue weighted by molar-refractivity contribution is 0.748. The Bertz CT molecular complexity index is 1050. The lowest BCUT2D eigenvalue weighted by atomic mass is 9.99. The Morgan fingerprint density at radius 1 is 0.926 bits per heavy atom. The summed E-state index contributed by atoms with van der Waals surface area (Å²) in [5.74, 6) is 0. The first-order valence-corrected chi connectivity index (χ1v) is 9.66. The van der Waals surface area contributed by atoms with E-state index >= 15 is 0 Å². The summed E-state index contributed by atoms with van der Waals surface area (Å²) < 4.78 is 0. The van der Waals surface area contributed by atoms with E-state index in [2.05, 4.69) is 52.4 Å². The Morgan fingerprint density at radius 2 is 1.78 bits per heavy atom. The molecule has 0 aliphatic carbocycles. The maximum Gasteiger partial charge on any atom is 0.105 e. The second-order valence-electron chi connectivity index (χ2n) is 6.68. The number of H-pyrrole nitrogens is 1. The first kappa shape index (κ1) is 17.8. The third-order valence-electron chi connectivity index (χ3n) is 4.89. The molecule has 4 heteroatoms. The van der Waals surface area contributed by atoms with Crippen molar-refractivity contribution >= 4 is 22.5 Å². The number of rotatable bonds is 6. The molecule has 0 spiro atoms. The van der Waals surface area contributed by atoms with Crippen LogP contribution in [0.3, 0.4) is 0 Å². The number of aromatic nitrogens is 2. The zero-order chi connectivity index (χ0) is 18.6. The SMILES string of the molecule is NCCCCc1c(-c2ncccc2Cl)[nH]c2ccc(-c3ccccc3)cc12. The van der Waals surface area contributed by atoms with Crippen molar-refractivity contribution in [3.05, 3.63) is 77.4 Å². The molecule has 0 saturated carbocycles. The number of unbranched alkanes of at least 4 members (excludes halogenated alkanes) is 1. The Balaban J connectivity index is 1.87. The average Bonchev–Trinajstić information content (AvgIpc) is 3.07. The van der Waals surface area contributed by atoms with Crippen molar-refractivity contribution in [2.75, 3.05) is 6.54 Å². The largest absolute Gasteiger partial charge is 0.353 e. The van der Waals surface area contributed by atoms with E-state index in [1.54, 1.807) is 6.20 Å². The monoisotopic (exact) mass is 375 g/mol. The van der Waals surface area contributed by atoms with E-state index in [-0.39, 0.29) is 0 Å². The van der Waals surface area contributed by atoms with E-state index in [9.17, 15) is 0 Å². The minimum atomic E-state index is 0.660. The molecule has 3 nitrogen and oxygen atoms in total. The second-order valence-corrected chi connectivity index (χ2v) is 7.09. The molecular formula is C23H22ClN3. The Labute approximate surface area is 164 Å². The van der Waals surface area contributed by atoms with Gasteiger partial charge < -0.3 is 10.7 Å². The molecule has 0 amide bonds. The molecule has 0 unspecified atom stereocenters. The fourth-order valence-electron chi connectivity index (χ4n) is 3.54. The van der Waals surface area contributed by atoms with Crippen LogP contribution in [0.2, 0.25) is 5.02 Å². The van der Waals surface area contributed by atoms with Gasteiger partial charge in [-0.05, 0) is 66.8 Å². The topological polar surface area (TPSA) is 54.7 Å². The van der Waals surface area contributed by atoms with Crippen LogP contribution < -0.4 is 5.73 Å². The Morgan fingerprint density at radius 3 is 2.56 bits per heavy atom. The smallest absolute Gasteiger partial charge is 0.105 e. The number of fused-ring (bicyclic) bond motifs is 1. The first-order chi connectivity index (χ1) is 13.3. The van der Waals surface area contributed by atoms with Crippen LogP contribution in [0.1, 0.15) is 18.4 Å². The minimum Gasteiger partial charge on any atom is -0.353 e. The number of aromatic amines is 1. The minimum absolute atomic E-state index is 0.660. The molecule has 2 heterocycles. The molecule has 27 heavy (non-hydrogen) atoms. The van der Waals surface area contributed by atoms with Crippen LogP contribution in [-0.2, 0) is 6.42 Å². The van der Waals surface area contributed by atoms with Crippen LogP contribution in [0.5, 0.6) is 0 Å². The number of halogens is 1. The van der Waals surface area contributed by atoms with Crippen molar-refractivity contribution in [1.82, 2.24) is 9.97 Å². The highest BCUT2D eigenvalue weighted by atomic mass is 35.5. The number of aryl methyl sites for hydroxylation is 1. The van der Waals surface area contributed by atoms with Gasteiger partial charge in [0.05, 0.1) is 10.7 Å².